The normalized spacial score (nSPS) is 17.7. The SMILES string of the molecule is Cc1oc(C(=O)O)cc1S(=O)(=O)NC1CCCc2ccccc21. The molecule has 1 aromatic carbocycles. The fraction of sp³-hybridized carbons (Fsp3) is 0.312. The lowest BCUT2D eigenvalue weighted by Gasteiger charge is -2.26. The largest absolute Gasteiger partial charge is 0.475 e. The summed E-state index contributed by atoms with van der Waals surface area (Å²) in [6.07, 6.45) is 2.54. The van der Waals surface area contributed by atoms with Gasteiger partial charge >= 0.3 is 5.97 Å². The van der Waals surface area contributed by atoms with Gasteiger partial charge in [0.2, 0.25) is 15.8 Å². The molecule has 0 aliphatic heterocycles. The molecule has 1 heterocycles. The van der Waals surface area contributed by atoms with Crippen molar-refractivity contribution < 1.29 is 22.7 Å². The second-order valence-electron chi connectivity index (χ2n) is 5.60. The minimum Gasteiger partial charge on any atom is -0.475 e. The van der Waals surface area contributed by atoms with E-state index < -0.39 is 16.0 Å². The summed E-state index contributed by atoms with van der Waals surface area (Å²) in [6.45, 7) is 1.44. The highest BCUT2D eigenvalue weighted by molar-refractivity contribution is 7.89. The second kappa shape index (κ2) is 5.82. The number of nitrogens with one attached hydrogen (secondary N) is 1. The minimum absolute atomic E-state index is 0.0685. The Balaban J connectivity index is 1.92. The highest BCUT2D eigenvalue weighted by Gasteiger charge is 2.29. The zero-order valence-corrected chi connectivity index (χ0v) is 13.4. The van der Waals surface area contributed by atoms with Crippen molar-refractivity contribution in [3.8, 4) is 0 Å². The van der Waals surface area contributed by atoms with Crippen LogP contribution in [0.1, 0.15) is 46.3 Å². The summed E-state index contributed by atoms with van der Waals surface area (Å²) in [5, 5.41) is 8.93. The molecule has 7 heteroatoms. The molecule has 1 unspecified atom stereocenters. The Morgan fingerprint density at radius 2 is 2.09 bits per heavy atom. The van der Waals surface area contributed by atoms with Crippen LogP contribution in [0, 0.1) is 6.92 Å². The average Bonchev–Trinajstić information content (AvgIpc) is 2.90. The number of aryl methyl sites for hydroxylation is 2. The van der Waals surface area contributed by atoms with E-state index in [2.05, 4.69) is 4.72 Å². The molecule has 23 heavy (non-hydrogen) atoms. The molecule has 1 aliphatic carbocycles. The number of benzene rings is 1. The first-order valence-corrected chi connectivity index (χ1v) is 8.80. The Hall–Kier alpha value is -2.12. The third-order valence-corrected chi connectivity index (χ3v) is 5.62. The van der Waals surface area contributed by atoms with Crippen molar-refractivity contribution in [1.82, 2.24) is 4.72 Å². The Morgan fingerprint density at radius 3 is 2.78 bits per heavy atom. The van der Waals surface area contributed by atoms with Crippen LogP contribution >= 0.6 is 0 Å². The molecule has 0 bridgehead atoms. The Kier molecular flexibility index (Phi) is 3.99. The summed E-state index contributed by atoms with van der Waals surface area (Å²) in [5.41, 5.74) is 2.11. The maximum absolute atomic E-state index is 12.6. The first-order chi connectivity index (χ1) is 10.9. The molecule has 1 atom stereocenters. The number of rotatable bonds is 4. The molecule has 1 aromatic heterocycles. The van der Waals surface area contributed by atoms with Crippen LogP contribution in [0.4, 0.5) is 0 Å². The average molecular weight is 335 g/mol. The van der Waals surface area contributed by atoms with E-state index in [4.69, 9.17) is 9.52 Å². The minimum atomic E-state index is -3.85. The van der Waals surface area contributed by atoms with Gasteiger partial charge in [0.05, 0.1) is 0 Å². The quantitative estimate of drug-likeness (QED) is 0.895. The standard InChI is InChI=1S/C16H17NO5S/c1-10-15(9-14(22-10)16(18)19)23(20,21)17-13-8-4-6-11-5-2-3-7-12(11)13/h2-3,5,7,9,13,17H,4,6,8H2,1H3,(H,18,19). The number of carboxylic acids is 1. The maximum atomic E-state index is 12.6. The van der Waals surface area contributed by atoms with Crippen LogP contribution in [0.25, 0.3) is 0 Å². The van der Waals surface area contributed by atoms with Crippen LogP contribution in [0.5, 0.6) is 0 Å². The molecule has 0 amide bonds. The fourth-order valence-corrected chi connectivity index (χ4v) is 4.39. The number of hydrogen-bond donors (Lipinski definition) is 2. The van der Waals surface area contributed by atoms with Crippen molar-refractivity contribution in [2.75, 3.05) is 0 Å². The van der Waals surface area contributed by atoms with E-state index in [1.165, 1.54) is 6.92 Å². The van der Waals surface area contributed by atoms with Gasteiger partial charge in [-0.3, -0.25) is 0 Å². The van der Waals surface area contributed by atoms with E-state index in [-0.39, 0.29) is 22.5 Å². The van der Waals surface area contributed by atoms with Crippen molar-refractivity contribution in [2.45, 2.75) is 37.1 Å². The number of carbonyl (C=O) groups is 1. The van der Waals surface area contributed by atoms with Crippen LogP contribution in [0.3, 0.4) is 0 Å². The van der Waals surface area contributed by atoms with E-state index in [1.807, 2.05) is 24.3 Å². The predicted molar refractivity (Wildman–Crippen MR) is 82.8 cm³/mol. The van der Waals surface area contributed by atoms with Gasteiger partial charge in [0.15, 0.2) is 0 Å². The van der Waals surface area contributed by atoms with E-state index in [0.717, 1.165) is 30.0 Å². The molecule has 6 nitrogen and oxygen atoms in total. The molecule has 2 aromatic rings. The lowest BCUT2D eigenvalue weighted by atomic mass is 9.88. The Labute approximate surface area is 134 Å². The van der Waals surface area contributed by atoms with E-state index in [9.17, 15) is 13.2 Å². The number of carboxylic acid groups (broad SMARTS) is 1. The molecule has 122 valence electrons. The van der Waals surface area contributed by atoms with Crippen LogP contribution in [0.2, 0.25) is 0 Å². The highest BCUT2D eigenvalue weighted by atomic mass is 32.2. The number of sulfonamides is 1. The summed E-state index contributed by atoms with van der Waals surface area (Å²) in [6, 6.07) is 8.49. The molecular weight excluding hydrogens is 318 g/mol. The lowest BCUT2D eigenvalue weighted by Crippen LogP contribution is -2.31. The number of fused-ring (bicyclic) bond motifs is 1. The zero-order valence-electron chi connectivity index (χ0n) is 12.6. The highest BCUT2D eigenvalue weighted by Crippen LogP contribution is 2.31. The Bertz CT molecular complexity index is 853. The predicted octanol–water partition coefficient (Wildman–Crippen LogP) is 2.64. The van der Waals surface area contributed by atoms with Crippen LogP contribution < -0.4 is 4.72 Å². The van der Waals surface area contributed by atoms with Gasteiger partial charge in [-0.2, -0.15) is 0 Å². The van der Waals surface area contributed by atoms with Crippen molar-refractivity contribution in [3.05, 3.63) is 53.0 Å². The van der Waals surface area contributed by atoms with Crippen LogP contribution in [-0.2, 0) is 16.4 Å². The van der Waals surface area contributed by atoms with E-state index in [0.29, 0.717) is 6.42 Å². The third kappa shape index (κ3) is 3.02. The van der Waals surface area contributed by atoms with E-state index >= 15 is 0 Å². The molecule has 0 spiro atoms. The molecule has 0 radical (unpaired) electrons. The van der Waals surface area contributed by atoms with Gasteiger partial charge in [0.1, 0.15) is 10.7 Å². The summed E-state index contributed by atoms with van der Waals surface area (Å²) in [4.78, 5) is 10.8. The maximum Gasteiger partial charge on any atom is 0.371 e. The van der Waals surface area contributed by atoms with Crippen molar-refractivity contribution in [1.29, 1.82) is 0 Å². The van der Waals surface area contributed by atoms with Crippen molar-refractivity contribution in [3.63, 3.8) is 0 Å². The third-order valence-electron chi connectivity index (χ3n) is 4.04. The zero-order chi connectivity index (χ0) is 16.6. The van der Waals surface area contributed by atoms with Gasteiger partial charge in [0, 0.05) is 12.1 Å². The molecule has 2 N–H and O–H groups in total. The second-order valence-corrected chi connectivity index (χ2v) is 7.28. The van der Waals surface area contributed by atoms with E-state index in [1.54, 1.807) is 0 Å². The van der Waals surface area contributed by atoms with Crippen molar-refractivity contribution >= 4 is 16.0 Å². The number of hydrogen-bond acceptors (Lipinski definition) is 4. The van der Waals surface area contributed by atoms with Crippen LogP contribution in [0.15, 0.2) is 39.6 Å². The van der Waals surface area contributed by atoms with Gasteiger partial charge in [-0.25, -0.2) is 17.9 Å². The topological polar surface area (TPSA) is 96.6 Å². The summed E-state index contributed by atoms with van der Waals surface area (Å²) in [5.74, 6) is -1.61. The Morgan fingerprint density at radius 1 is 1.35 bits per heavy atom. The monoisotopic (exact) mass is 335 g/mol. The smallest absolute Gasteiger partial charge is 0.371 e. The molecule has 0 fully saturated rings. The summed E-state index contributed by atoms with van der Waals surface area (Å²) in [7, 11) is -3.85. The van der Waals surface area contributed by atoms with Gasteiger partial charge in [-0.1, -0.05) is 24.3 Å². The first kappa shape index (κ1) is 15.8. The lowest BCUT2D eigenvalue weighted by molar-refractivity contribution is 0.0661. The summed E-state index contributed by atoms with van der Waals surface area (Å²) < 4.78 is 32.9. The molecule has 3 rings (SSSR count). The molecular formula is C16H17NO5S. The fourth-order valence-electron chi connectivity index (χ4n) is 2.96. The van der Waals surface area contributed by atoms with Gasteiger partial charge in [0.25, 0.3) is 0 Å². The summed E-state index contributed by atoms with van der Waals surface area (Å²) >= 11 is 0. The number of furan rings is 1. The van der Waals surface area contributed by atoms with Gasteiger partial charge in [-0.15, -0.1) is 0 Å². The van der Waals surface area contributed by atoms with Crippen molar-refractivity contribution in [2.24, 2.45) is 0 Å². The number of aromatic carboxylic acids is 1. The van der Waals surface area contributed by atoms with Gasteiger partial charge in [-0.05, 0) is 37.3 Å². The molecule has 0 saturated heterocycles. The van der Waals surface area contributed by atoms with Crippen LogP contribution in [-0.4, -0.2) is 19.5 Å². The van der Waals surface area contributed by atoms with Gasteiger partial charge < -0.3 is 9.52 Å². The molecule has 1 aliphatic rings. The molecule has 0 saturated carbocycles. The first-order valence-electron chi connectivity index (χ1n) is 7.32.